The highest BCUT2D eigenvalue weighted by molar-refractivity contribution is 4.91. The van der Waals surface area contributed by atoms with Gasteiger partial charge in [-0.2, -0.15) is 0 Å². The number of fused-ring (bicyclic) bond motifs is 2. The van der Waals surface area contributed by atoms with Crippen molar-refractivity contribution in [3.63, 3.8) is 0 Å². The summed E-state index contributed by atoms with van der Waals surface area (Å²) in [5.41, 5.74) is 0. The Morgan fingerprint density at radius 2 is 2.35 bits per heavy atom. The van der Waals surface area contributed by atoms with Gasteiger partial charge in [-0.25, -0.2) is 0 Å². The maximum atomic E-state index is 4.15. The van der Waals surface area contributed by atoms with Crippen LogP contribution in [0, 0.1) is 17.8 Å². The second kappa shape index (κ2) is 4.77. The van der Waals surface area contributed by atoms with Crippen molar-refractivity contribution < 1.29 is 0 Å². The van der Waals surface area contributed by atoms with Crippen molar-refractivity contribution >= 4 is 0 Å². The third-order valence-electron chi connectivity index (χ3n) is 4.61. The fourth-order valence-corrected chi connectivity index (χ4v) is 3.68. The Morgan fingerprint density at radius 1 is 1.41 bits per heavy atom. The highest BCUT2D eigenvalue weighted by Gasteiger charge is 2.38. The third kappa shape index (κ3) is 2.23. The van der Waals surface area contributed by atoms with E-state index in [9.17, 15) is 0 Å². The number of aryl methyl sites for hydroxylation is 1. The Bertz CT molecular complexity index is 373. The van der Waals surface area contributed by atoms with Crippen LogP contribution in [-0.4, -0.2) is 21.3 Å². The minimum atomic E-state index is 0.863. The minimum absolute atomic E-state index is 0.863. The van der Waals surface area contributed by atoms with E-state index in [0.717, 1.165) is 43.2 Å². The first-order valence-corrected chi connectivity index (χ1v) is 6.94. The summed E-state index contributed by atoms with van der Waals surface area (Å²) in [5.74, 6) is 4.05. The molecule has 0 radical (unpaired) electrons. The van der Waals surface area contributed by atoms with E-state index in [-0.39, 0.29) is 0 Å². The average molecular weight is 234 g/mol. The van der Waals surface area contributed by atoms with Gasteiger partial charge in [-0.1, -0.05) is 6.42 Å². The van der Waals surface area contributed by atoms with Gasteiger partial charge < -0.3 is 9.88 Å². The molecular weight excluding hydrogens is 212 g/mol. The lowest BCUT2D eigenvalue weighted by Gasteiger charge is -2.21. The summed E-state index contributed by atoms with van der Waals surface area (Å²) in [4.78, 5) is 0. The molecule has 0 aliphatic heterocycles. The van der Waals surface area contributed by atoms with Crippen LogP contribution in [0.4, 0.5) is 0 Å². The third-order valence-corrected chi connectivity index (χ3v) is 4.61. The second-order valence-electron chi connectivity index (χ2n) is 5.60. The van der Waals surface area contributed by atoms with E-state index < -0.39 is 0 Å². The van der Waals surface area contributed by atoms with Crippen LogP contribution in [-0.2, 0) is 13.1 Å². The smallest absolute Gasteiger partial charge is 0.146 e. The average Bonchev–Trinajstić information content (AvgIpc) is 3.04. The van der Waals surface area contributed by atoms with Crippen LogP contribution in [0.2, 0.25) is 0 Å². The molecular formula is C13H22N4. The first-order chi connectivity index (χ1) is 8.36. The standard InChI is InChI=1S/C13H22N4/c1-2-17-9-15-16-13(17)8-14-7-12-6-10-3-4-11(12)5-10/h9-12,14H,2-8H2,1H3. The largest absolute Gasteiger partial charge is 0.317 e. The van der Waals surface area contributed by atoms with Crippen molar-refractivity contribution in [2.45, 2.75) is 45.7 Å². The van der Waals surface area contributed by atoms with Gasteiger partial charge in [0.1, 0.15) is 12.2 Å². The quantitative estimate of drug-likeness (QED) is 0.845. The van der Waals surface area contributed by atoms with Crippen molar-refractivity contribution in [3.8, 4) is 0 Å². The summed E-state index contributed by atoms with van der Waals surface area (Å²) in [6, 6.07) is 0. The molecule has 3 rings (SSSR count). The molecule has 1 N–H and O–H groups in total. The molecule has 94 valence electrons. The molecule has 0 saturated heterocycles. The molecule has 1 aromatic rings. The molecule has 2 saturated carbocycles. The molecule has 3 unspecified atom stereocenters. The van der Waals surface area contributed by atoms with E-state index in [1.807, 2.05) is 6.33 Å². The maximum absolute atomic E-state index is 4.15. The normalized spacial score (nSPS) is 31.2. The number of rotatable bonds is 5. The molecule has 3 atom stereocenters. The molecule has 17 heavy (non-hydrogen) atoms. The Kier molecular flexibility index (Phi) is 3.14. The molecule has 2 bridgehead atoms. The van der Waals surface area contributed by atoms with Gasteiger partial charge in [0, 0.05) is 6.54 Å². The van der Waals surface area contributed by atoms with Gasteiger partial charge in [-0.15, -0.1) is 10.2 Å². The van der Waals surface area contributed by atoms with Gasteiger partial charge >= 0.3 is 0 Å². The van der Waals surface area contributed by atoms with Gasteiger partial charge in [0.15, 0.2) is 0 Å². The van der Waals surface area contributed by atoms with E-state index in [1.54, 1.807) is 0 Å². The number of hydrogen-bond donors (Lipinski definition) is 1. The van der Waals surface area contributed by atoms with Crippen molar-refractivity contribution in [1.29, 1.82) is 0 Å². The van der Waals surface area contributed by atoms with Gasteiger partial charge in [-0.05, 0) is 50.5 Å². The first kappa shape index (κ1) is 11.2. The van der Waals surface area contributed by atoms with Gasteiger partial charge in [0.05, 0.1) is 6.54 Å². The zero-order valence-corrected chi connectivity index (χ0v) is 10.6. The highest BCUT2D eigenvalue weighted by Crippen LogP contribution is 2.47. The topological polar surface area (TPSA) is 42.7 Å². The Labute approximate surface area is 103 Å². The molecule has 0 spiro atoms. The van der Waals surface area contributed by atoms with Crippen LogP contribution in [0.25, 0.3) is 0 Å². The van der Waals surface area contributed by atoms with Crippen molar-refractivity contribution in [1.82, 2.24) is 20.1 Å². The Hall–Kier alpha value is -0.900. The lowest BCUT2D eigenvalue weighted by atomic mass is 9.89. The minimum Gasteiger partial charge on any atom is -0.317 e. The van der Waals surface area contributed by atoms with Crippen LogP contribution >= 0.6 is 0 Å². The van der Waals surface area contributed by atoms with E-state index in [4.69, 9.17) is 0 Å². The molecule has 1 heterocycles. The summed E-state index contributed by atoms with van der Waals surface area (Å²) >= 11 is 0. The van der Waals surface area contributed by atoms with Crippen LogP contribution in [0.1, 0.15) is 38.4 Å². The summed E-state index contributed by atoms with van der Waals surface area (Å²) < 4.78 is 2.10. The van der Waals surface area contributed by atoms with Crippen LogP contribution in [0.3, 0.4) is 0 Å². The van der Waals surface area contributed by atoms with Gasteiger partial charge in [0.2, 0.25) is 0 Å². The summed E-state index contributed by atoms with van der Waals surface area (Å²) in [6.07, 6.45) is 7.73. The van der Waals surface area contributed by atoms with Crippen molar-refractivity contribution in [3.05, 3.63) is 12.2 Å². The molecule has 0 amide bonds. The van der Waals surface area contributed by atoms with Crippen LogP contribution in [0.5, 0.6) is 0 Å². The predicted octanol–water partition coefficient (Wildman–Crippen LogP) is 1.82. The molecule has 2 aliphatic carbocycles. The van der Waals surface area contributed by atoms with Crippen LogP contribution in [0.15, 0.2) is 6.33 Å². The van der Waals surface area contributed by atoms with E-state index >= 15 is 0 Å². The summed E-state index contributed by atoms with van der Waals surface area (Å²) in [5, 5.41) is 11.7. The number of nitrogens with zero attached hydrogens (tertiary/aromatic N) is 3. The Balaban J connectivity index is 1.46. The zero-order chi connectivity index (χ0) is 11.7. The summed E-state index contributed by atoms with van der Waals surface area (Å²) in [7, 11) is 0. The molecule has 2 aliphatic rings. The number of nitrogens with one attached hydrogen (secondary N) is 1. The Morgan fingerprint density at radius 3 is 3.06 bits per heavy atom. The van der Waals surface area contributed by atoms with E-state index in [1.165, 1.54) is 25.7 Å². The van der Waals surface area contributed by atoms with Crippen molar-refractivity contribution in [2.75, 3.05) is 6.54 Å². The monoisotopic (exact) mass is 234 g/mol. The highest BCUT2D eigenvalue weighted by atomic mass is 15.3. The number of aromatic nitrogens is 3. The lowest BCUT2D eigenvalue weighted by Crippen LogP contribution is -2.27. The molecule has 4 heteroatoms. The lowest BCUT2D eigenvalue weighted by molar-refractivity contribution is 0.317. The van der Waals surface area contributed by atoms with E-state index in [2.05, 4.69) is 27.0 Å². The fraction of sp³-hybridized carbons (Fsp3) is 0.846. The number of hydrogen-bond acceptors (Lipinski definition) is 3. The van der Waals surface area contributed by atoms with Gasteiger partial charge in [-0.3, -0.25) is 0 Å². The fourth-order valence-electron chi connectivity index (χ4n) is 3.68. The molecule has 4 nitrogen and oxygen atoms in total. The zero-order valence-electron chi connectivity index (χ0n) is 10.6. The molecule has 1 aromatic heterocycles. The van der Waals surface area contributed by atoms with Gasteiger partial charge in [0.25, 0.3) is 0 Å². The van der Waals surface area contributed by atoms with Crippen LogP contribution < -0.4 is 5.32 Å². The SMILES string of the molecule is CCn1cnnc1CNCC1CC2CCC1C2. The molecule has 2 fully saturated rings. The summed E-state index contributed by atoms with van der Waals surface area (Å²) in [6.45, 7) is 5.11. The maximum Gasteiger partial charge on any atom is 0.146 e. The first-order valence-electron chi connectivity index (χ1n) is 6.94. The second-order valence-corrected chi connectivity index (χ2v) is 5.60. The predicted molar refractivity (Wildman–Crippen MR) is 66.3 cm³/mol. The van der Waals surface area contributed by atoms with Crippen molar-refractivity contribution in [2.24, 2.45) is 17.8 Å². The molecule has 0 aromatic carbocycles. The van der Waals surface area contributed by atoms with E-state index in [0.29, 0.717) is 0 Å².